The summed E-state index contributed by atoms with van der Waals surface area (Å²) in [4.78, 5) is 5.10. The van der Waals surface area contributed by atoms with Gasteiger partial charge in [0.05, 0.1) is 11.1 Å². The van der Waals surface area contributed by atoms with Crippen LogP contribution in [0.1, 0.15) is 18.7 Å². The molecular weight excluding hydrogens is 184 g/mol. The SMILES string of the molecule is CCNCC(C)(O)Cc1cncs1. The number of aliphatic hydroxyl groups is 1. The summed E-state index contributed by atoms with van der Waals surface area (Å²) in [7, 11) is 0. The van der Waals surface area contributed by atoms with Crippen molar-refractivity contribution in [2.24, 2.45) is 0 Å². The van der Waals surface area contributed by atoms with Crippen LogP contribution in [-0.2, 0) is 6.42 Å². The molecule has 1 unspecified atom stereocenters. The van der Waals surface area contributed by atoms with Gasteiger partial charge in [-0.3, -0.25) is 4.98 Å². The Morgan fingerprint density at radius 3 is 3.00 bits per heavy atom. The molecule has 0 amide bonds. The highest BCUT2D eigenvalue weighted by atomic mass is 32.1. The van der Waals surface area contributed by atoms with Crippen molar-refractivity contribution < 1.29 is 5.11 Å². The van der Waals surface area contributed by atoms with E-state index in [2.05, 4.69) is 10.3 Å². The smallest absolute Gasteiger partial charge is 0.0794 e. The van der Waals surface area contributed by atoms with Gasteiger partial charge in [0.1, 0.15) is 0 Å². The van der Waals surface area contributed by atoms with Crippen molar-refractivity contribution in [1.29, 1.82) is 0 Å². The van der Waals surface area contributed by atoms with Crippen LogP contribution in [0.4, 0.5) is 0 Å². The molecule has 0 bridgehead atoms. The second-order valence-corrected chi connectivity index (χ2v) is 4.39. The summed E-state index contributed by atoms with van der Waals surface area (Å²) in [5.74, 6) is 0. The molecule has 0 aliphatic rings. The largest absolute Gasteiger partial charge is 0.388 e. The molecule has 0 fully saturated rings. The molecule has 0 radical (unpaired) electrons. The van der Waals surface area contributed by atoms with E-state index in [4.69, 9.17) is 0 Å². The minimum Gasteiger partial charge on any atom is -0.388 e. The maximum absolute atomic E-state index is 9.93. The molecule has 0 aromatic carbocycles. The molecule has 0 saturated carbocycles. The average Bonchev–Trinajstić information content (AvgIpc) is 2.52. The number of hydrogen-bond donors (Lipinski definition) is 2. The summed E-state index contributed by atoms with van der Waals surface area (Å²) in [5, 5.41) is 13.1. The lowest BCUT2D eigenvalue weighted by molar-refractivity contribution is 0.0615. The molecular formula is C9H16N2OS. The highest BCUT2D eigenvalue weighted by Crippen LogP contribution is 2.15. The van der Waals surface area contributed by atoms with Crippen molar-refractivity contribution in [3.8, 4) is 0 Å². The minimum absolute atomic E-state index is 0.626. The van der Waals surface area contributed by atoms with E-state index in [0.29, 0.717) is 13.0 Å². The Balaban J connectivity index is 2.42. The maximum atomic E-state index is 9.93. The van der Waals surface area contributed by atoms with Gasteiger partial charge in [0.25, 0.3) is 0 Å². The van der Waals surface area contributed by atoms with Gasteiger partial charge in [0, 0.05) is 24.0 Å². The van der Waals surface area contributed by atoms with Crippen LogP contribution in [0.5, 0.6) is 0 Å². The van der Waals surface area contributed by atoms with Gasteiger partial charge in [-0.15, -0.1) is 11.3 Å². The lowest BCUT2D eigenvalue weighted by atomic mass is 10.0. The molecule has 1 atom stereocenters. The van der Waals surface area contributed by atoms with E-state index in [-0.39, 0.29) is 0 Å². The van der Waals surface area contributed by atoms with Gasteiger partial charge in [-0.05, 0) is 13.5 Å². The second kappa shape index (κ2) is 4.69. The van der Waals surface area contributed by atoms with Crippen molar-refractivity contribution in [3.05, 3.63) is 16.6 Å². The van der Waals surface area contributed by atoms with Crippen LogP contribution in [0.3, 0.4) is 0 Å². The van der Waals surface area contributed by atoms with E-state index in [1.165, 1.54) is 0 Å². The fourth-order valence-corrected chi connectivity index (χ4v) is 1.93. The number of hydrogen-bond acceptors (Lipinski definition) is 4. The third-order valence-corrected chi connectivity index (χ3v) is 2.57. The lowest BCUT2D eigenvalue weighted by Crippen LogP contribution is -2.39. The van der Waals surface area contributed by atoms with E-state index in [0.717, 1.165) is 11.4 Å². The number of likely N-dealkylation sites (N-methyl/N-ethyl adjacent to an activating group) is 1. The Hall–Kier alpha value is -0.450. The summed E-state index contributed by atoms with van der Waals surface area (Å²) < 4.78 is 0. The van der Waals surface area contributed by atoms with E-state index in [1.807, 2.05) is 20.0 Å². The van der Waals surface area contributed by atoms with Crippen molar-refractivity contribution in [3.63, 3.8) is 0 Å². The Kier molecular flexibility index (Phi) is 3.84. The van der Waals surface area contributed by atoms with Crippen molar-refractivity contribution in [2.45, 2.75) is 25.9 Å². The van der Waals surface area contributed by atoms with Gasteiger partial charge in [-0.1, -0.05) is 6.92 Å². The first-order valence-electron chi connectivity index (χ1n) is 4.44. The van der Waals surface area contributed by atoms with Crippen molar-refractivity contribution in [1.82, 2.24) is 10.3 Å². The Morgan fingerprint density at radius 2 is 2.46 bits per heavy atom. The van der Waals surface area contributed by atoms with Gasteiger partial charge in [-0.25, -0.2) is 0 Å². The summed E-state index contributed by atoms with van der Waals surface area (Å²) in [6.07, 6.45) is 2.48. The molecule has 1 aromatic heterocycles. The van der Waals surface area contributed by atoms with E-state index in [1.54, 1.807) is 16.8 Å². The average molecular weight is 200 g/mol. The number of rotatable bonds is 5. The van der Waals surface area contributed by atoms with Gasteiger partial charge >= 0.3 is 0 Å². The van der Waals surface area contributed by atoms with Crippen LogP contribution in [-0.4, -0.2) is 28.8 Å². The molecule has 13 heavy (non-hydrogen) atoms. The molecule has 3 nitrogen and oxygen atoms in total. The number of thiazole rings is 1. The maximum Gasteiger partial charge on any atom is 0.0794 e. The summed E-state index contributed by atoms with van der Waals surface area (Å²) in [6, 6.07) is 0. The van der Waals surface area contributed by atoms with Gasteiger partial charge in [0.2, 0.25) is 0 Å². The fraction of sp³-hybridized carbons (Fsp3) is 0.667. The number of aromatic nitrogens is 1. The molecule has 0 spiro atoms. The standard InChI is InChI=1S/C9H16N2OS/c1-3-10-6-9(2,12)4-8-5-11-7-13-8/h5,7,10,12H,3-4,6H2,1-2H3. The molecule has 74 valence electrons. The van der Waals surface area contributed by atoms with Crippen LogP contribution < -0.4 is 5.32 Å². The second-order valence-electron chi connectivity index (χ2n) is 3.42. The van der Waals surface area contributed by atoms with Crippen LogP contribution in [0.15, 0.2) is 11.7 Å². The first-order chi connectivity index (χ1) is 6.14. The highest BCUT2D eigenvalue weighted by Gasteiger charge is 2.20. The molecule has 1 aromatic rings. The van der Waals surface area contributed by atoms with Gasteiger partial charge in [-0.2, -0.15) is 0 Å². The number of nitrogens with one attached hydrogen (secondary N) is 1. The highest BCUT2D eigenvalue weighted by molar-refractivity contribution is 7.09. The first-order valence-corrected chi connectivity index (χ1v) is 5.32. The first kappa shape index (κ1) is 10.6. The Morgan fingerprint density at radius 1 is 1.69 bits per heavy atom. The van der Waals surface area contributed by atoms with Crippen molar-refractivity contribution in [2.75, 3.05) is 13.1 Å². The predicted octanol–water partition coefficient (Wildman–Crippen LogP) is 1.05. The topological polar surface area (TPSA) is 45.1 Å². The molecule has 1 heterocycles. The minimum atomic E-state index is -0.664. The molecule has 1 rings (SSSR count). The van der Waals surface area contributed by atoms with Gasteiger partial charge < -0.3 is 10.4 Å². The third kappa shape index (κ3) is 3.85. The Bertz CT molecular complexity index is 234. The van der Waals surface area contributed by atoms with Crippen LogP contribution in [0.25, 0.3) is 0 Å². The van der Waals surface area contributed by atoms with Crippen LogP contribution >= 0.6 is 11.3 Å². The molecule has 0 saturated heterocycles. The summed E-state index contributed by atoms with van der Waals surface area (Å²) in [6.45, 7) is 5.39. The summed E-state index contributed by atoms with van der Waals surface area (Å²) in [5.41, 5.74) is 1.13. The van der Waals surface area contributed by atoms with E-state index in [9.17, 15) is 5.11 Å². The zero-order chi connectivity index (χ0) is 9.73. The van der Waals surface area contributed by atoms with E-state index < -0.39 is 5.60 Å². The van der Waals surface area contributed by atoms with Crippen LogP contribution in [0.2, 0.25) is 0 Å². The van der Waals surface area contributed by atoms with E-state index >= 15 is 0 Å². The monoisotopic (exact) mass is 200 g/mol. The normalized spacial score (nSPS) is 15.6. The quantitative estimate of drug-likeness (QED) is 0.746. The lowest BCUT2D eigenvalue weighted by Gasteiger charge is -2.22. The number of nitrogens with zero attached hydrogens (tertiary/aromatic N) is 1. The third-order valence-electron chi connectivity index (χ3n) is 1.79. The zero-order valence-corrected chi connectivity index (χ0v) is 8.90. The molecule has 4 heteroatoms. The Labute approximate surface area is 82.8 Å². The predicted molar refractivity (Wildman–Crippen MR) is 55.0 cm³/mol. The van der Waals surface area contributed by atoms with Crippen LogP contribution in [0, 0.1) is 0 Å². The van der Waals surface area contributed by atoms with Crippen molar-refractivity contribution >= 4 is 11.3 Å². The molecule has 0 aliphatic heterocycles. The van der Waals surface area contributed by atoms with Gasteiger partial charge in [0.15, 0.2) is 0 Å². The molecule has 2 N–H and O–H groups in total. The fourth-order valence-electron chi connectivity index (χ4n) is 1.16. The molecule has 0 aliphatic carbocycles. The summed E-state index contributed by atoms with van der Waals surface area (Å²) >= 11 is 1.58. The zero-order valence-electron chi connectivity index (χ0n) is 8.08.